The zero-order valence-electron chi connectivity index (χ0n) is 15.7. The van der Waals surface area contributed by atoms with Gasteiger partial charge in [0.15, 0.2) is 0 Å². The summed E-state index contributed by atoms with van der Waals surface area (Å²) in [5.74, 6) is 0. The zero-order chi connectivity index (χ0) is 19.3. The standard InChI is InChI=1S/C22H27NO4/c1-17(19-10-8-18(16-25)9-11-19)23-14-13-22(12-5-15-24,27-21(23)26)20-6-3-2-4-7-20/h2-4,6-11,17,24-25H,5,12-16H2,1H3/t17-,22+/m0/s1. The molecular formula is C22H27NO4. The summed E-state index contributed by atoms with van der Waals surface area (Å²) in [6.07, 6.45) is 1.54. The lowest BCUT2D eigenvalue weighted by molar-refractivity contribution is -0.0680. The van der Waals surface area contributed by atoms with Gasteiger partial charge in [0.25, 0.3) is 0 Å². The minimum atomic E-state index is -0.683. The highest BCUT2D eigenvalue weighted by molar-refractivity contribution is 5.70. The molecule has 0 aromatic heterocycles. The minimum absolute atomic E-state index is 0.00483. The fourth-order valence-electron chi connectivity index (χ4n) is 3.73. The van der Waals surface area contributed by atoms with E-state index in [1.807, 2.05) is 61.5 Å². The van der Waals surface area contributed by atoms with Crippen molar-refractivity contribution in [2.75, 3.05) is 13.2 Å². The topological polar surface area (TPSA) is 70.0 Å². The van der Waals surface area contributed by atoms with Crippen molar-refractivity contribution >= 4 is 6.09 Å². The van der Waals surface area contributed by atoms with E-state index in [1.54, 1.807) is 4.90 Å². The number of carbonyl (C=O) groups is 1. The summed E-state index contributed by atoms with van der Waals surface area (Å²) < 4.78 is 6.00. The molecule has 0 saturated carbocycles. The van der Waals surface area contributed by atoms with Crippen molar-refractivity contribution in [1.29, 1.82) is 0 Å². The molecule has 2 N–H and O–H groups in total. The Bertz CT molecular complexity index is 747. The molecular weight excluding hydrogens is 342 g/mol. The Balaban J connectivity index is 1.78. The molecule has 5 heteroatoms. The van der Waals surface area contributed by atoms with E-state index in [1.165, 1.54) is 0 Å². The molecule has 0 aliphatic carbocycles. The lowest BCUT2D eigenvalue weighted by Gasteiger charge is -2.43. The molecule has 144 valence electrons. The fourth-order valence-corrected chi connectivity index (χ4v) is 3.73. The van der Waals surface area contributed by atoms with Crippen LogP contribution in [0.5, 0.6) is 0 Å². The van der Waals surface area contributed by atoms with Gasteiger partial charge in [-0.25, -0.2) is 4.79 Å². The quantitative estimate of drug-likeness (QED) is 0.780. The molecule has 0 bridgehead atoms. The second kappa shape index (κ2) is 8.55. The van der Waals surface area contributed by atoms with Crippen LogP contribution in [0, 0.1) is 0 Å². The smallest absolute Gasteiger partial charge is 0.411 e. The summed E-state index contributed by atoms with van der Waals surface area (Å²) in [7, 11) is 0. The molecule has 0 spiro atoms. The number of ether oxygens (including phenoxy) is 1. The Kier molecular flexibility index (Phi) is 6.14. The Morgan fingerprint density at radius 3 is 2.41 bits per heavy atom. The van der Waals surface area contributed by atoms with Crippen LogP contribution in [-0.2, 0) is 16.9 Å². The third-order valence-corrected chi connectivity index (χ3v) is 5.42. The van der Waals surface area contributed by atoms with Crippen LogP contribution in [0.3, 0.4) is 0 Å². The summed E-state index contributed by atoms with van der Waals surface area (Å²) in [4.78, 5) is 14.6. The highest BCUT2D eigenvalue weighted by Crippen LogP contribution is 2.40. The molecule has 1 aliphatic heterocycles. The first-order valence-corrected chi connectivity index (χ1v) is 9.45. The number of hydrogen-bond acceptors (Lipinski definition) is 4. The van der Waals surface area contributed by atoms with Gasteiger partial charge in [0.1, 0.15) is 5.60 Å². The van der Waals surface area contributed by atoms with E-state index in [4.69, 9.17) is 4.74 Å². The van der Waals surface area contributed by atoms with Crippen LogP contribution in [-0.4, -0.2) is 34.4 Å². The van der Waals surface area contributed by atoms with E-state index in [0.717, 1.165) is 16.7 Å². The fraction of sp³-hybridized carbons (Fsp3) is 0.409. The van der Waals surface area contributed by atoms with Crippen LogP contribution < -0.4 is 0 Å². The largest absolute Gasteiger partial charge is 0.438 e. The number of cyclic esters (lactones) is 1. The third kappa shape index (κ3) is 4.15. The maximum absolute atomic E-state index is 12.9. The van der Waals surface area contributed by atoms with Crippen LogP contribution in [0.25, 0.3) is 0 Å². The van der Waals surface area contributed by atoms with E-state index in [-0.39, 0.29) is 25.3 Å². The molecule has 1 saturated heterocycles. The maximum Gasteiger partial charge on any atom is 0.411 e. The Morgan fingerprint density at radius 2 is 1.81 bits per heavy atom. The van der Waals surface area contributed by atoms with Gasteiger partial charge in [-0.15, -0.1) is 0 Å². The van der Waals surface area contributed by atoms with E-state index < -0.39 is 5.60 Å². The number of nitrogens with zero attached hydrogens (tertiary/aromatic N) is 1. The number of hydrogen-bond donors (Lipinski definition) is 2. The van der Waals surface area contributed by atoms with Crippen LogP contribution in [0.1, 0.15) is 48.9 Å². The molecule has 2 atom stereocenters. The minimum Gasteiger partial charge on any atom is -0.438 e. The zero-order valence-corrected chi connectivity index (χ0v) is 15.7. The third-order valence-electron chi connectivity index (χ3n) is 5.42. The number of aliphatic hydroxyl groups is 2. The summed E-state index contributed by atoms with van der Waals surface area (Å²) in [5, 5.41) is 18.5. The van der Waals surface area contributed by atoms with Gasteiger partial charge in [0, 0.05) is 19.6 Å². The van der Waals surface area contributed by atoms with Gasteiger partial charge in [0.2, 0.25) is 0 Å². The molecule has 0 radical (unpaired) electrons. The average molecular weight is 369 g/mol. The van der Waals surface area contributed by atoms with Crippen molar-refractivity contribution in [1.82, 2.24) is 4.90 Å². The van der Waals surface area contributed by atoms with Crippen molar-refractivity contribution < 1.29 is 19.7 Å². The number of rotatable bonds is 7. The van der Waals surface area contributed by atoms with Crippen molar-refractivity contribution in [3.05, 3.63) is 71.3 Å². The Morgan fingerprint density at radius 1 is 1.11 bits per heavy atom. The number of amides is 1. The van der Waals surface area contributed by atoms with Crippen LogP contribution >= 0.6 is 0 Å². The van der Waals surface area contributed by atoms with Gasteiger partial charge in [0.05, 0.1) is 12.6 Å². The predicted octanol–water partition coefficient (Wildman–Crippen LogP) is 3.75. The van der Waals surface area contributed by atoms with Crippen molar-refractivity contribution in [2.45, 2.75) is 44.4 Å². The Hall–Kier alpha value is -2.37. The molecule has 1 fully saturated rings. The molecule has 1 amide bonds. The van der Waals surface area contributed by atoms with E-state index in [2.05, 4.69) is 0 Å². The summed E-state index contributed by atoms with van der Waals surface area (Å²) in [6, 6.07) is 17.3. The highest BCUT2D eigenvalue weighted by Gasteiger charge is 2.43. The lowest BCUT2D eigenvalue weighted by Crippen LogP contribution is -2.48. The molecule has 0 unspecified atom stereocenters. The first kappa shape index (κ1) is 19.4. The van der Waals surface area contributed by atoms with Gasteiger partial charge < -0.3 is 19.8 Å². The normalized spacial score (nSPS) is 21.0. The van der Waals surface area contributed by atoms with Crippen LogP contribution in [0.4, 0.5) is 4.79 Å². The molecule has 2 aromatic rings. The molecule has 1 heterocycles. The van der Waals surface area contributed by atoms with E-state index in [0.29, 0.717) is 25.8 Å². The first-order valence-electron chi connectivity index (χ1n) is 9.45. The van der Waals surface area contributed by atoms with E-state index in [9.17, 15) is 15.0 Å². The predicted molar refractivity (Wildman–Crippen MR) is 103 cm³/mol. The van der Waals surface area contributed by atoms with Gasteiger partial charge in [-0.1, -0.05) is 54.6 Å². The summed E-state index contributed by atoms with van der Waals surface area (Å²) in [6.45, 7) is 2.65. The SMILES string of the molecule is C[C@@H](c1ccc(CO)cc1)N1CC[C@](CCCO)(c2ccccc2)OC1=O. The number of benzene rings is 2. The summed E-state index contributed by atoms with van der Waals surface area (Å²) in [5.41, 5.74) is 2.15. The second-order valence-electron chi connectivity index (χ2n) is 7.07. The number of aliphatic hydroxyl groups excluding tert-OH is 2. The van der Waals surface area contributed by atoms with Crippen molar-refractivity contribution in [3.63, 3.8) is 0 Å². The highest BCUT2D eigenvalue weighted by atomic mass is 16.6. The van der Waals surface area contributed by atoms with Crippen molar-refractivity contribution in [2.24, 2.45) is 0 Å². The average Bonchev–Trinajstić information content (AvgIpc) is 2.72. The van der Waals surface area contributed by atoms with Gasteiger partial charge >= 0.3 is 6.09 Å². The monoisotopic (exact) mass is 369 g/mol. The van der Waals surface area contributed by atoms with Crippen LogP contribution in [0.2, 0.25) is 0 Å². The Labute approximate surface area is 160 Å². The maximum atomic E-state index is 12.9. The second-order valence-corrected chi connectivity index (χ2v) is 7.07. The van der Waals surface area contributed by atoms with Gasteiger partial charge in [-0.2, -0.15) is 0 Å². The molecule has 2 aromatic carbocycles. The van der Waals surface area contributed by atoms with E-state index >= 15 is 0 Å². The lowest BCUT2D eigenvalue weighted by atomic mass is 9.84. The molecule has 5 nitrogen and oxygen atoms in total. The molecule has 27 heavy (non-hydrogen) atoms. The van der Waals surface area contributed by atoms with Crippen molar-refractivity contribution in [3.8, 4) is 0 Å². The number of carbonyl (C=O) groups excluding carboxylic acids is 1. The van der Waals surface area contributed by atoms with Crippen LogP contribution in [0.15, 0.2) is 54.6 Å². The summed E-state index contributed by atoms with van der Waals surface area (Å²) >= 11 is 0. The molecule has 1 aliphatic rings. The van der Waals surface area contributed by atoms with Gasteiger partial charge in [-0.3, -0.25) is 0 Å². The first-order chi connectivity index (χ1) is 13.1. The molecule has 3 rings (SSSR count). The van der Waals surface area contributed by atoms with Gasteiger partial charge in [-0.05, 0) is 36.5 Å².